The lowest BCUT2D eigenvalue weighted by atomic mass is 9.92. The van der Waals surface area contributed by atoms with Gasteiger partial charge >= 0.3 is 11.9 Å². The second kappa shape index (κ2) is 3.44. The van der Waals surface area contributed by atoms with Crippen LogP contribution in [0.2, 0.25) is 0 Å². The summed E-state index contributed by atoms with van der Waals surface area (Å²) in [6, 6.07) is 0. The second-order valence-electron chi connectivity index (χ2n) is 3.40. The maximum absolute atomic E-state index is 13.0. The maximum Gasteiger partial charge on any atom is 0.374 e. The van der Waals surface area contributed by atoms with E-state index in [9.17, 15) is 13.6 Å². The molecule has 74 valence electrons. The zero-order chi connectivity index (χ0) is 10.1. The molecule has 1 aliphatic rings. The predicted molar refractivity (Wildman–Crippen MR) is 43.6 cm³/mol. The first-order valence-electron chi connectivity index (χ1n) is 4.22. The molecule has 0 radical (unpaired) electrons. The molecule has 2 nitrogen and oxygen atoms in total. The summed E-state index contributed by atoms with van der Waals surface area (Å²) >= 11 is 0. The Hall–Kier alpha value is -0.930. The predicted octanol–water partition coefficient (Wildman–Crippen LogP) is 2.31. The number of carboxylic acid groups (broad SMARTS) is 1. The first-order valence-corrected chi connectivity index (χ1v) is 4.22. The van der Waals surface area contributed by atoms with Crippen LogP contribution in [-0.4, -0.2) is 17.0 Å². The summed E-state index contributed by atoms with van der Waals surface area (Å²) in [6.07, 6.45) is 2.85. The molecular formula is C9H12F2O2. The van der Waals surface area contributed by atoms with E-state index in [0.29, 0.717) is 12.8 Å². The highest BCUT2D eigenvalue weighted by Gasteiger charge is 2.52. The Balaban J connectivity index is 2.72. The lowest BCUT2D eigenvalue weighted by Crippen LogP contribution is -2.38. The van der Waals surface area contributed by atoms with Crippen LogP contribution in [0.25, 0.3) is 0 Å². The minimum atomic E-state index is -3.60. The maximum atomic E-state index is 13.0. The standard InChI is InChI=1S/C9H12F2O2/c1-2-3-7(6-4-5-6)9(10,11)8(12)13/h2,6-7H,1,3-5H2,(H,12,13). The molecule has 0 amide bonds. The van der Waals surface area contributed by atoms with Crippen LogP contribution < -0.4 is 0 Å². The summed E-state index contributed by atoms with van der Waals surface area (Å²) in [4.78, 5) is 10.3. The van der Waals surface area contributed by atoms with Gasteiger partial charge < -0.3 is 5.11 Å². The van der Waals surface area contributed by atoms with E-state index in [1.807, 2.05) is 0 Å². The zero-order valence-electron chi connectivity index (χ0n) is 7.17. The fraction of sp³-hybridized carbons (Fsp3) is 0.667. The molecule has 13 heavy (non-hydrogen) atoms. The molecule has 1 rings (SSSR count). The largest absolute Gasteiger partial charge is 0.477 e. The fourth-order valence-electron chi connectivity index (χ4n) is 1.47. The number of rotatable bonds is 5. The van der Waals surface area contributed by atoms with Gasteiger partial charge in [0, 0.05) is 5.92 Å². The molecule has 0 spiro atoms. The molecule has 1 N–H and O–H groups in total. The molecule has 0 aliphatic heterocycles. The zero-order valence-corrected chi connectivity index (χ0v) is 7.17. The van der Waals surface area contributed by atoms with E-state index < -0.39 is 17.8 Å². The van der Waals surface area contributed by atoms with Gasteiger partial charge in [0.05, 0.1) is 0 Å². The van der Waals surface area contributed by atoms with Crippen LogP contribution in [0.3, 0.4) is 0 Å². The third-order valence-electron chi connectivity index (χ3n) is 2.36. The molecule has 4 heteroatoms. The lowest BCUT2D eigenvalue weighted by molar-refractivity contribution is -0.174. The highest BCUT2D eigenvalue weighted by atomic mass is 19.3. The van der Waals surface area contributed by atoms with Crippen molar-refractivity contribution in [3.05, 3.63) is 12.7 Å². The van der Waals surface area contributed by atoms with Crippen LogP contribution in [0.1, 0.15) is 19.3 Å². The van der Waals surface area contributed by atoms with Gasteiger partial charge in [0.1, 0.15) is 0 Å². The summed E-state index contributed by atoms with van der Waals surface area (Å²) in [7, 11) is 0. The Bertz CT molecular complexity index is 222. The Morgan fingerprint density at radius 1 is 1.69 bits per heavy atom. The minimum Gasteiger partial charge on any atom is -0.477 e. The summed E-state index contributed by atoms with van der Waals surface area (Å²) in [6.45, 7) is 3.36. The number of carboxylic acids is 1. The molecule has 1 saturated carbocycles. The normalized spacial score (nSPS) is 19.5. The van der Waals surface area contributed by atoms with Crippen LogP contribution >= 0.6 is 0 Å². The topological polar surface area (TPSA) is 37.3 Å². The quantitative estimate of drug-likeness (QED) is 0.675. The third kappa shape index (κ3) is 2.05. The average Bonchev–Trinajstić information content (AvgIpc) is 2.82. The van der Waals surface area contributed by atoms with Gasteiger partial charge in [-0.05, 0) is 25.2 Å². The molecule has 1 atom stereocenters. The fourth-order valence-corrected chi connectivity index (χ4v) is 1.47. The number of carbonyl (C=O) groups is 1. The van der Waals surface area contributed by atoms with Crippen LogP contribution in [-0.2, 0) is 4.79 Å². The molecular weight excluding hydrogens is 178 g/mol. The molecule has 0 aromatic carbocycles. The van der Waals surface area contributed by atoms with Crippen molar-refractivity contribution < 1.29 is 18.7 Å². The SMILES string of the molecule is C=CCC(C1CC1)C(F)(F)C(=O)O. The van der Waals surface area contributed by atoms with Crippen LogP contribution in [0.15, 0.2) is 12.7 Å². The summed E-state index contributed by atoms with van der Waals surface area (Å²) in [5.74, 6) is -6.83. The number of aliphatic carboxylic acids is 1. The molecule has 1 unspecified atom stereocenters. The van der Waals surface area contributed by atoms with E-state index in [-0.39, 0.29) is 12.3 Å². The van der Waals surface area contributed by atoms with Gasteiger partial charge in [-0.2, -0.15) is 8.78 Å². The summed E-state index contributed by atoms with van der Waals surface area (Å²) in [5, 5.41) is 8.33. The molecule has 1 fully saturated rings. The van der Waals surface area contributed by atoms with Gasteiger partial charge in [-0.25, -0.2) is 4.79 Å². The first-order chi connectivity index (χ1) is 6.00. The number of hydrogen-bond donors (Lipinski definition) is 1. The van der Waals surface area contributed by atoms with Crippen molar-refractivity contribution in [2.24, 2.45) is 11.8 Å². The van der Waals surface area contributed by atoms with E-state index in [4.69, 9.17) is 5.11 Å². The van der Waals surface area contributed by atoms with E-state index in [1.54, 1.807) is 0 Å². The molecule has 1 aliphatic carbocycles. The Kier molecular flexibility index (Phi) is 2.68. The van der Waals surface area contributed by atoms with E-state index >= 15 is 0 Å². The highest BCUT2D eigenvalue weighted by molar-refractivity contribution is 5.75. The van der Waals surface area contributed by atoms with Gasteiger partial charge in [-0.3, -0.25) is 0 Å². The van der Waals surface area contributed by atoms with Crippen molar-refractivity contribution in [2.75, 3.05) is 0 Å². The Morgan fingerprint density at radius 2 is 2.23 bits per heavy atom. The number of alkyl halides is 2. The number of halogens is 2. The van der Waals surface area contributed by atoms with Crippen LogP contribution in [0.5, 0.6) is 0 Å². The smallest absolute Gasteiger partial charge is 0.374 e. The van der Waals surface area contributed by atoms with Gasteiger partial charge in [-0.15, -0.1) is 6.58 Å². The van der Waals surface area contributed by atoms with Gasteiger partial charge in [0.2, 0.25) is 0 Å². The van der Waals surface area contributed by atoms with Gasteiger partial charge in [0.15, 0.2) is 0 Å². The molecule has 0 bridgehead atoms. The molecule has 0 aromatic heterocycles. The van der Waals surface area contributed by atoms with Crippen molar-refractivity contribution in [3.63, 3.8) is 0 Å². The van der Waals surface area contributed by atoms with Crippen molar-refractivity contribution >= 4 is 5.97 Å². The van der Waals surface area contributed by atoms with Crippen LogP contribution in [0.4, 0.5) is 8.78 Å². The first kappa shape index (κ1) is 10.2. The van der Waals surface area contributed by atoms with E-state index in [0.717, 1.165) is 0 Å². The molecule has 0 saturated heterocycles. The van der Waals surface area contributed by atoms with Crippen molar-refractivity contribution in [2.45, 2.75) is 25.2 Å². The summed E-state index contributed by atoms with van der Waals surface area (Å²) in [5.41, 5.74) is 0. The van der Waals surface area contributed by atoms with Crippen molar-refractivity contribution in [1.82, 2.24) is 0 Å². The lowest BCUT2D eigenvalue weighted by Gasteiger charge is -2.21. The van der Waals surface area contributed by atoms with Gasteiger partial charge in [-0.1, -0.05) is 6.08 Å². The van der Waals surface area contributed by atoms with Crippen molar-refractivity contribution in [1.29, 1.82) is 0 Å². The average molecular weight is 190 g/mol. The van der Waals surface area contributed by atoms with Gasteiger partial charge in [0.25, 0.3) is 0 Å². The second-order valence-corrected chi connectivity index (χ2v) is 3.40. The Morgan fingerprint density at radius 3 is 2.54 bits per heavy atom. The highest BCUT2D eigenvalue weighted by Crippen LogP contribution is 2.46. The Labute approximate surface area is 75.3 Å². The monoisotopic (exact) mass is 190 g/mol. The third-order valence-corrected chi connectivity index (χ3v) is 2.36. The molecule has 0 aromatic rings. The summed E-state index contributed by atoms with van der Waals surface area (Å²) < 4.78 is 26.1. The minimum absolute atomic E-state index is 0.0734. The number of allylic oxidation sites excluding steroid dienone is 1. The van der Waals surface area contributed by atoms with E-state index in [1.165, 1.54) is 6.08 Å². The van der Waals surface area contributed by atoms with Crippen LogP contribution in [0, 0.1) is 11.8 Å². The van der Waals surface area contributed by atoms with Crippen molar-refractivity contribution in [3.8, 4) is 0 Å². The molecule has 0 heterocycles. The van der Waals surface area contributed by atoms with E-state index in [2.05, 4.69) is 6.58 Å². The number of hydrogen-bond acceptors (Lipinski definition) is 1.